The summed E-state index contributed by atoms with van der Waals surface area (Å²) in [5, 5.41) is 11.5. The minimum Gasteiger partial charge on any atom is -0.480 e. The van der Waals surface area contributed by atoms with Gasteiger partial charge >= 0.3 is 5.97 Å². The molecule has 0 heterocycles. The van der Waals surface area contributed by atoms with Crippen molar-refractivity contribution in [2.24, 2.45) is 5.92 Å². The van der Waals surface area contributed by atoms with Crippen LogP contribution in [0.25, 0.3) is 0 Å². The first-order chi connectivity index (χ1) is 8.00. The van der Waals surface area contributed by atoms with Crippen LogP contribution in [0.3, 0.4) is 0 Å². The average molecular weight is 241 g/mol. The number of anilines is 1. The zero-order chi connectivity index (χ0) is 12.6. The van der Waals surface area contributed by atoms with Gasteiger partial charge in [0.15, 0.2) is 5.82 Å². The maximum Gasteiger partial charge on any atom is 0.326 e. The number of carboxylic acids is 1. The molecule has 1 aliphatic rings. The number of hydrogen-bond acceptors (Lipinski definition) is 2. The zero-order valence-electron chi connectivity index (χ0n) is 9.34. The van der Waals surface area contributed by atoms with E-state index in [9.17, 15) is 13.6 Å². The van der Waals surface area contributed by atoms with E-state index >= 15 is 0 Å². The highest BCUT2D eigenvalue weighted by atomic mass is 19.1. The number of aliphatic carboxylic acids is 1. The standard InChI is InChI=1S/C12H13F2NO2/c1-6-2-5-8(13)11(9(6)14)15-10(12(16)17)7-3-4-7/h2,5,7,10,15H,3-4H2,1H3,(H,16,17). The second-order valence-corrected chi connectivity index (χ2v) is 4.35. The Balaban J connectivity index is 2.28. The molecule has 5 heteroatoms. The first-order valence-corrected chi connectivity index (χ1v) is 5.44. The highest BCUT2D eigenvalue weighted by Gasteiger charge is 2.37. The van der Waals surface area contributed by atoms with Crippen LogP contribution < -0.4 is 5.32 Å². The molecule has 92 valence electrons. The molecule has 2 rings (SSSR count). The molecule has 0 saturated heterocycles. The summed E-state index contributed by atoms with van der Waals surface area (Å²) in [4.78, 5) is 11.0. The molecule has 1 atom stereocenters. The lowest BCUT2D eigenvalue weighted by Gasteiger charge is -2.16. The van der Waals surface area contributed by atoms with Gasteiger partial charge < -0.3 is 10.4 Å². The molecule has 0 aliphatic heterocycles. The maximum absolute atomic E-state index is 13.7. The Labute approximate surface area is 97.5 Å². The Morgan fingerprint density at radius 2 is 2.12 bits per heavy atom. The Kier molecular flexibility index (Phi) is 3.00. The summed E-state index contributed by atoms with van der Waals surface area (Å²) >= 11 is 0. The topological polar surface area (TPSA) is 49.3 Å². The molecular formula is C12H13F2NO2. The normalized spacial score (nSPS) is 16.6. The van der Waals surface area contributed by atoms with Crippen molar-refractivity contribution in [3.8, 4) is 0 Å². The Bertz CT molecular complexity index is 458. The van der Waals surface area contributed by atoms with E-state index in [4.69, 9.17) is 5.11 Å². The van der Waals surface area contributed by atoms with Crippen LogP contribution in [0.2, 0.25) is 0 Å². The van der Waals surface area contributed by atoms with Gasteiger partial charge in [-0.1, -0.05) is 6.07 Å². The fourth-order valence-corrected chi connectivity index (χ4v) is 1.76. The van der Waals surface area contributed by atoms with Crippen LogP contribution in [0, 0.1) is 24.5 Å². The molecule has 0 radical (unpaired) electrons. The molecule has 1 unspecified atom stereocenters. The van der Waals surface area contributed by atoms with Crippen molar-refractivity contribution in [3.05, 3.63) is 29.3 Å². The smallest absolute Gasteiger partial charge is 0.326 e. The second-order valence-electron chi connectivity index (χ2n) is 4.35. The molecule has 2 N–H and O–H groups in total. The van der Waals surface area contributed by atoms with Gasteiger partial charge in [0.1, 0.15) is 17.5 Å². The van der Waals surface area contributed by atoms with E-state index in [0.717, 1.165) is 18.9 Å². The molecule has 1 fully saturated rings. The van der Waals surface area contributed by atoms with Gasteiger partial charge in [-0.2, -0.15) is 0 Å². The summed E-state index contributed by atoms with van der Waals surface area (Å²) in [6, 6.07) is 1.54. The average Bonchev–Trinajstić information content (AvgIpc) is 3.07. The monoisotopic (exact) mass is 241 g/mol. The van der Waals surface area contributed by atoms with Gasteiger partial charge in [0, 0.05) is 0 Å². The van der Waals surface area contributed by atoms with Crippen molar-refractivity contribution in [2.45, 2.75) is 25.8 Å². The molecule has 0 bridgehead atoms. The Morgan fingerprint density at radius 1 is 1.47 bits per heavy atom. The van der Waals surface area contributed by atoms with E-state index in [1.807, 2.05) is 0 Å². The summed E-state index contributed by atoms with van der Waals surface area (Å²) in [6.45, 7) is 1.51. The van der Waals surface area contributed by atoms with Gasteiger partial charge in [-0.25, -0.2) is 13.6 Å². The van der Waals surface area contributed by atoms with Gasteiger partial charge in [-0.05, 0) is 37.3 Å². The van der Waals surface area contributed by atoms with E-state index in [1.54, 1.807) is 0 Å². The molecule has 0 aromatic heterocycles. The van der Waals surface area contributed by atoms with E-state index < -0.39 is 23.6 Å². The lowest BCUT2D eigenvalue weighted by atomic mass is 10.1. The first-order valence-electron chi connectivity index (χ1n) is 5.44. The van der Waals surface area contributed by atoms with E-state index in [0.29, 0.717) is 0 Å². The summed E-state index contributed by atoms with van der Waals surface area (Å²) in [6.07, 6.45) is 1.55. The van der Waals surface area contributed by atoms with Crippen LogP contribution in [-0.2, 0) is 4.79 Å². The van der Waals surface area contributed by atoms with Crippen LogP contribution in [-0.4, -0.2) is 17.1 Å². The van der Waals surface area contributed by atoms with Crippen molar-refractivity contribution < 1.29 is 18.7 Å². The molecule has 1 saturated carbocycles. The number of carbonyl (C=O) groups is 1. The third kappa shape index (κ3) is 2.38. The molecule has 1 aliphatic carbocycles. The summed E-state index contributed by atoms with van der Waals surface area (Å²) in [7, 11) is 0. The molecule has 1 aromatic rings. The highest BCUT2D eigenvalue weighted by Crippen LogP contribution is 2.35. The summed E-state index contributed by atoms with van der Waals surface area (Å²) in [5.74, 6) is -2.60. The number of aryl methyl sites for hydroxylation is 1. The lowest BCUT2D eigenvalue weighted by Crippen LogP contribution is -2.32. The van der Waals surface area contributed by atoms with Gasteiger partial charge in [0.25, 0.3) is 0 Å². The fraction of sp³-hybridized carbons (Fsp3) is 0.417. The zero-order valence-corrected chi connectivity index (χ0v) is 9.34. The number of halogens is 2. The van der Waals surface area contributed by atoms with E-state index in [1.165, 1.54) is 13.0 Å². The summed E-state index contributed by atoms with van der Waals surface area (Å²) < 4.78 is 27.1. The quantitative estimate of drug-likeness (QED) is 0.851. The predicted octanol–water partition coefficient (Wildman–Crippen LogP) is 2.55. The lowest BCUT2D eigenvalue weighted by molar-refractivity contribution is -0.138. The Hall–Kier alpha value is -1.65. The van der Waals surface area contributed by atoms with Crippen molar-refractivity contribution in [3.63, 3.8) is 0 Å². The number of hydrogen-bond donors (Lipinski definition) is 2. The van der Waals surface area contributed by atoms with Gasteiger partial charge in [-0.15, -0.1) is 0 Å². The predicted molar refractivity (Wildman–Crippen MR) is 58.9 cm³/mol. The molecule has 0 amide bonds. The molecule has 0 spiro atoms. The fourth-order valence-electron chi connectivity index (χ4n) is 1.76. The number of rotatable bonds is 4. The van der Waals surface area contributed by atoms with Crippen molar-refractivity contribution >= 4 is 11.7 Å². The van der Waals surface area contributed by atoms with Gasteiger partial charge in [0.05, 0.1) is 0 Å². The molecule has 17 heavy (non-hydrogen) atoms. The number of benzene rings is 1. The van der Waals surface area contributed by atoms with Crippen LogP contribution in [0.15, 0.2) is 12.1 Å². The van der Waals surface area contributed by atoms with E-state index in [-0.39, 0.29) is 17.2 Å². The van der Waals surface area contributed by atoms with Gasteiger partial charge in [-0.3, -0.25) is 0 Å². The van der Waals surface area contributed by atoms with E-state index in [2.05, 4.69) is 5.32 Å². The van der Waals surface area contributed by atoms with Gasteiger partial charge in [0.2, 0.25) is 0 Å². The minimum absolute atomic E-state index is 0.0354. The Morgan fingerprint density at radius 3 is 2.65 bits per heavy atom. The number of nitrogens with one attached hydrogen (secondary N) is 1. The minimum atomic E-state index is -1.08. The molecule has 3 nitrogen and oxygen atoms in total. The van der Waals surface area contributed by atoms with Crippen LogP contribution in [0.1, 0.15) is 18.4 Å². The van der Waals surface area contributed by atoms with Crippen molar-refractivity contribution in [1.29, 1.82) is 0 Å². The third-order valence-corrected chi connectivity index (χ3v) is 2.94. The molecular weight excluding hydrogens is 228 g/mol. The summed E-state index contributed by atoms with van der Waals surface area (Å²) in [5.41, 5.74) is -0.0573. The van der Waals surface area contributed by atoms with Crippen LogP contribution in [0.5, 0.6) is 0 Å². The largest absolute Gasteiger partial charge is 0.480 e. The first kappa shape index (κ1) is 11.8. The van der Waals surface area contributed by atoms with Crippen LogP contribution in [0.4, 0.5) is 14.5 Å². The van der Waals surface area contributed by atoms with Crippen molar-refractivity contribution in [1.82, 2.24) is 0 Å². The third-order valence-electron chi connectivity index (χ3n) is 2.94. The number of carboxylic acid groups (broad SMARTS) is 1. The van der Waals surface area contributed by atoms with Crippen molar-refractivity contribution in [2.75, 3.05) is 5.32 Å². The SMILES string of the molecule is Cc1ccc(F)c(NC(C(=O)O)C2CC2)c1F. The highest BCUT2D eigenvalue weighted by molar-refractivity contribution is 5.78. The van der Waals surface area contributed by atoms with Crippen LogP contribution >= 0.6 is 0 Å². The molecule has 1 aromatic carbocycles. The maximum atomic E-state index is 13.7. The second kappa shape index (κ2) is 4.31.